The minimum Gasteiger partial charge on any atom is -0.435 e. The van der Waals surface area contributed by atoms with Crippen molar-refractivity contribution in [1.82, 2.24) is 0 Å². The van der Waals surface area contributed by atoms with E-state index in [0.717, 1.165) is 18.4 Å². The number of benzene rings is 1. The van der Waals surface area contributed by atoms with Crippen LogP contribution in [0.15, 0.2) is 30.9 Å². The van der Waals surface area contributed by atoms with Crippen LogP contribution in [0.25, 0.3) is 0 Å². The zero-order valence-electron chi connectivity index (χ0n) is 12.5. The quantitative estimate of drug-likeness (QED) is 0.696. The Kier molecular flexibility index (Phi) is 5.34. The van der Waals surface area contributed by atoms with Crippen LogP contribution < -0.4 is 4.74 Å². The van der Waals surface area contributed by atoms with Gasteiger partial charge in [-0.3, -0.25) is 0 Å². The summed E-state index contributed by atoms with van der Waals surface area (Å²) in [6.45, 7) is 5.72. The summed E-state index contributed by atoms with van der Waals surface area (Å²) in [6.07, 6.45) is 4.14. The summed E-state index contributed by atoms with van der Waals surface area (Å²) in [5, 5.41) is 0. The summed E-state index contributed by atoms with van der Waals surface area (Å²) in [5.74, 6) is 0.925. The molecule has 0 bridgehead atoms. The average Bonchev–Trinajstić information content (AvgIpc) is 2.45. The van der Waals surface area contributed by atoms with Crippen molar-refractivity contribution in [3.63, 3.8) is 0 Å². The third kappa shape index (κ3) is 4.03. The molecule has 0 unspecified atom stereocenters. The Morgan fingerprint density at radius 1 is 1.48 bits per heavy atom. The number of hydrogen-bond acceptors (Lipinski definition) is 2. The predicted octanol–water partition coefficient (Wildman–Crippen LogP) is 4.89. The van der Waals surface area contributed by atoms with Gasteiger partial charge in [-0.25, -0.2) is 0 Å². The van der Waals surface area contributed by atoms with Gasteiger partial charge in [0.05, 0.1) is 12.7 Å². The van der Waals surface area contributed by atoms with E-state index in [1.54, 1.807) is 12.1 Å². The Morgan fingerprint density at radius 2 is 2.24 bits per heavy atom. The molecular formula is C17H22F2O2. The van der Waals surface area contributed by atoms with Crippen molar-refractivity contribution in [1.29, 1.82) is 0 Å². The molecule has 0 spiro atoms. The lowest BCUT2D eigenvalue weighted by atomic mass is 9.86. The van der Waals surface area contributed by atoms with Crippen molar-refractivity contribution in [3.05, 3.63) is 42.0 Å². The van der Waals surface area contributed by atoms with Crippen molar-refractivity contribution in [2.45, 2.75) is 51.9 Å². The molecule has 0 N–H and O–H groups in total. The summed E-state index contributed by atoms with van der Waals surface area (Å²) in [7, 11) is 0. The van der Waals surface area contributed by atoms with Gasteiger partial charge in [0.2, 0.25) is 0 Å². The molecule has 0 amide bonds. The van der Waals surface area contributed by atoms with Gasteiger partial charge in [0.1, 0.15) is 5.75 Å². The van der Waals surface area contributed by atoms with E-state index in [1.165, 1.54) is 5.56 Å². The van der Waals surface area contributed by atoms with Crippen molar-refractivity contribution in [3.8, 4) is 5.75 Å². The molecule has 2 nitrogen and oxygen atoms in total. The number of ether oxygens (including phenoxy) is 2. The maximum atomic E-state index is 12.2. The van der Waals surface area contributed by atoms with E-state index >= 15 is 0 Å². The lowest BCUT2D eigenvalue weighted by molar-refractivity contribution is -0.0503. The Balaban J connectivity index is 2.05. The van der Waals surface area contributed by atoms with Gasteiger partial charge in [-0.15, -0.1) is 6.58 Å². The third-order valence-electron chi connectivity index (χ3n) is 4.15. The number of rotatable bonds is 6. The van der Waals surface area contributed by atoms with Gasteiger partial charge in [0.25, 0.3) is 0 Å². The van der Waals surface area contributed by atoms with Crippen LogP contribution in [-0.2, 0) is 11.3 Å². The Bertz CT molecular complexity index is 488. The number of fused-ring (bicyclic) bond motifs is 1. The SMILES string of the molecule is C=C[C@@H](C)CC[C@@H]1OCc2cc(OC(F)F)ccc2[C@@H]1C. The molecule has 2 rings (SSSR count). The molecule has 1 heterocycles. The largest absolute Gasteiger partial charge is 0.435 e. The topological polar surface area (TPSA) is 18.5 Å². The van der Waals surface area contributed by atoms with E-state index in [4.69, 9.17) is 4.74 Å². The Hall–Kier alpha value is -1.42. The first-order valence-corrected chi connectivity index (χ1v) is 7.33. The fourth-order valence-electron chi connectivity index (χ4n) is 2.75. The zero-order chi connectivity index (χ0) is 15.4. The lowest BCUT2D eigenvalue weighted by Gasteiger charge is -2.32. The van der Waals surface area contributed by atoms with Gasteiger partial charge in [-0.1, -0.05) is 26.0 Å². The average molecular weight is 296 g/mol. The molecule has 0 fully saturated rings. The summed E-state index contributed by atoms with van der Waals surface area (Å²) in [5.41, 5.74) is 2.10. The summed E-state index contributed by atoms with van der Waals surface area (Å²) >= 11 is 0. The van der Waals surface area contributed by atoms with E-state index < -0.39 is 6.61 Å². The second-order valence-electron chi connectivity index (χ2n) is 5.67. The normalized spacial score (nSPS) is 22.7. The van der Waals surface area contributed by atoms with Crippen molar-refractivity contribution in [2.24, 2.45) is 5.92 Å². The van der Waals surface area contributed by atoms with E-state index in [0.29, 0.717) is 12.5 Å². The molecule has 4 heteroatoms. The van der Waals surface area contributed by atoms with Gasteiger partial charge in [0, 0.05) is 5.92 Å². The molecule has 21 heavy (non-hydrogen) atoms. The van der Waals surface area contributed by atoms with Crippen LogP contribution >= 0.6 is 0 Å². The van der Waals surface area contributed by atoms with E-state index in [2.05, 4.69) is 25.2 Å². The third-order valence-corrected chi connectivity index (χ3v) is 4.15. The highest BCUT2D eigenvalue weighted by molar-refractivity contribution is 5.39. The van der Waals surface area contributed by atoms with Gasteiger partial charge in [0.15, 0.2) is 0 Å². The van der Waals surface area contributed by atoms with Crippen LogP contribution in [0.4, 0.5) is 8.78 Å². The second-order valence-corrected chi connectivity index (χ2v) is 5.67. The summed E-state index contributed by atoms with van der Waals surface area (Å²) in [6, 6.07) is 5.14. The molecule has 116 valence electrons. The molecule has 0 saturated heterocycles. The maximum absolute atomic E-state index is 12.2. The highest BCUT2D eigenvalue weighted by atomic mass is 19.3. The first kappa shape index (κ1) is 16.0. The van der Waals surface area contributed by atoms with Gasteiger partial charge in [-0.2, -0.15) is 8.78 Å². The summed E-state index contributed by atoms with van der Waals surface area (Å²) in [4.78, 5) is 0. The molecule has 3 atom stereocenters. The fourth-order valence-corrected chi connectivity index (χ4v) is 2.75. The number of alkyl halides is 2. The van der Waals surface area contributed by atoms with Crippen LogP contribution in [-0.4, -0.2) is 12.7 Å². The van der Waals surface area contributed by atoms with Crippen molar-refractivity contribution >= 4 is 0 Å². The molecule has 0 saturated carbocycles. The second kappa shape index (κ2) is 7.03. The smallest absolute Gasteiger partial charge is 0.387 e. The van der Waals surface area contributed by atoms with Crippen LogP contribution in [0.5, 0.6) is 5.75 Å². The van der Waals surface area contributed by atoms with Gasteiger partial charge >= 0.3 is 6.61 Å². The van der Waals surface area contributed by atoms with Crippen molar-refractivity contribution in [2.75, 3.05) is 0 Å². The molecule has 0 radical (unpaired) electrons. The van der Waals surface area contributed by atoms with Gasteiger partial charge < -0.3 is 9.47 Å². The van der Waals surface area contributed by atoms with Crippen LogP contribution in [0.2, 0.25) is 0 Å². The molecule has 0 aliphatic carbocycles. The standard InChI is InChI=1S/C17H22F2O2/c1-4-11(2)5-8-16-12(3)15-7-6-14(21-17(18)19)9-13(15)10-20-16/h4,6-7,9,11-12,16-17H,1,5,8,10H2,2-3H3/t11-,12+,16+/m1/s1. The first-order valence-electron chi connectivity index (χ1n) is 7.33. The van der Waals surface area contributed by atoms with Crippen LogP contribution in [0, 0.1) is 5.92 Å². The lowest BCUT2D eigenvalue weighted by Crippen LogP contribution is -2.26. The van der Waals surface area contributed by atoms with Gasteiger partial charge in [-0.05, 0) is 42.0 Å². The molecule has 0 aromatic heterocycles. The molecule has 1 aliphatic heterocycles. The summed E-state index contributed by atoms with van der Waals surface area (Å²) < 4.78 is 34.8. The minimum absolute atomic E-state index is 0.168. The zero-order valence-corrected chi connectivity index (χ0v) is 12.5. The van der Waals surface area contributed by atoms with E-state index in [-0.39, 0.29) is 17.8 Å². The predicted molar refractivity (Wildman–Crippen MR) is 78.7 cm³/mol. The molecular weight excluding hydrogens is 274 g/mol. The fraction of sp³-hybridized carbons (Fsp3) is 0.529. The van der Waals surface area contributed by atoms with Crippen LogP contribution in [0.3, 0.4) is 0 Å². The monoisotopic (exact) mass is 296 g/mol. The highest BCUT2D eigenvalue weighted by Gasteiger charge is 2.27. The number of allylic oxidation sites excluding steroid dienone is 1. The van der Waals surface area contributed by atoms with Crippen LogP contribution in [0.1, 0.15) is 43.7 Å². The van der Waals surface area contributed by atoms with E-state index in [9.17, 15) is 8.78 Å². The Labute approximate surface area is 124 Å². The van der Waals surface area contributed by atoms with E-state index in [1.807, 2.05) is 12.1 Å². The maximum Gasteiger partial charge on any atom is 0.387 e. The number of halogens is 2. The molecule has 1 aromatic carbocycles. The molecule has 1 aromatic rings. The Morgan fingerprint density at radius 3 is 2.90 bits per heavy atom. The molecule has 1 aliphatic rings. The first-order chi connectivity index (χ1) is 10.0. The number of hydrogen-bond donors (Lipinski definition) is 0. The minimum atomic E-state index is -2.79. The van der Waals surface area contributed by atoms with Crippen molar-refractivity contribution < 1.29 is 18.3 Å². The highest BCUT2D eigenvalue weighted by Crippen LogP contribution is 2.35.